The fourth-order valence-electron chi connectivity index (χ4n) is 4.12. The Kier molecular flexibility index (Phi) is 4.88. The number of carbonyl (C=O) groups excluding carboxylic acids is 1. The third-order valence-corrected chi connectivity index (χ3v) is 5.85. The molecule has 3 atom stereocenters. The van der Waals surface area contributed by atoms with Crippen LogP contribution in [0, 0.1) is 17.3 Å². The molecule has 0 aromatic heterocycles. The number of fused-ring (bicyclic) bond motifs is 1. The van der Waals surface area contributed by atoms with Gasteiger partial charge in [-0.1, -0.05) is 33.1 Å². The highest BCUT2D eigenvalue weighted by atomic mass is 16.2. The van der Waals surface area contributed by atoms with Crippen LogP contribution in [0.2, 0.25) is 0 Å². The average Bonchev–Trinajstić information content (AvgIpc) is 2.89. The number of rotatable bonds is 5. The monoisotopic (exact) mass is 266 g/mol. The topological polar surface area (TPSA) is 55.1 Å². The largest absolute Gasteiger partial charge is 0.353 e. The number of hydrogen-bond acceptors (Lipinski definition) is 2. The van der Waals surface area contributed by atoms with Crippen LogP contribution in [-0.4, -0.2) is 18.5 Å². The Morgan fingerprint density at radius 1 is 1.16 bits per heavy atom. The zero-order chi connectivity index (χ0) is 13.9. The van der Waals surface area contributed by atoms with Gasteiger partial charge >= 0.3 is 0 Å². The maximum Gasteiger partial charge on any atom is 0.227 e. The van der Waals surface area contributed by atoms with Crippen molar-refractivity contribution in [3.05, 3.63) is 0 Å². The van der Waals surface area contributed by atoms with Gasteiger partial charge in [-0.15, -0.1) is 0 Å². The molecule has 0 aromatic rings. The van der Waals surface area contributed by atoms with E-state index in [1.54, 1.807) is 0 Å². The van der Waals surface area contributed by atoms with Crippen molar-refractivity contribution in [2.75, 3.05) is 6.54 Å². The summed E-state index contributed by atoms with van der Waals surface area (Å²) in [7, 11) is 0. The van der Waals surface area contributed by atoms with Crippen LogP contribution in [0.25, 0.3) is 0 Å². The minimum absolute atomic E-state index is 0.196. The smallest absolute Gasteiger partial charge is 0.227 e. The summed E-state index contributed by atoms with van der Waals surface area (Å²) in [4.78, 5) is 12.5. The first-order valence-corrected chi connectivity index (χ1v) is 8.16. The van der Waals surface area contributed by atoms with E-state index >= 15 is 0 Å². The van der Waals surface area contributed by atoms with Gasteiger partial charge in [0.15, 0.2) is 0 Å². The third kappa shape index (κ3) is 2.96. The lowest BCUT2D eigenvalue weighted by Gasteiger charge is -2.36. The van der Waals surface area contributed by atoms with E-state index in [0.717, 1.165) is 24.7 Å². The van der Waals surface area contributed by atoms with Crippen LogP contribution in [0.1, 0.15) is 65.2 Å². The van der Waals surface area contributed by atoms with E-state index in [0.29, 0.717) is 12.6 Å². The Labute approximate surface area is 117 Å². The quantitative estimate of drug-likeness (QED) is 0.804. The number of amides is 1. The Morgan fingerprint density at radius 2 is 1.84 bits per heavy atom. The molecule has 0 saturated heterocycles. The lowest BCUT2D eigenvalue weighted by Crippen LogP contribution is -2.50. The summed E-state index contributed by atoms with van der Waals surface area (Å²) in [6.07, 6.45) is 9.54. The molecule has 1 amide bonds. The minimum Gasteiger partial charge on any atom is -0.353 e. The highest BCUT2D eigenvalue weighted by Crippen LogP contribution is 2.42. The standard InChI is InChI=1S/C16H30N2O/c1-3-16(4-2,11-17)15(19)18-14-9-8-12-6-5-7-13(12)10-14/h12-14H,3-11,17H2,1-2H3,(H,18,19). The fourth-order valence-corrected chi connectivity index (χ4v) is 4.12. The van der Waals surface area contributed by atoms with Gasteiger partial charge in [0.25, 0.3) is 0 Å². The molecule has 0 heterocycles. The highest BCUT2D eigenvalue weighted by molar-refractivity contribution is 5.83. The molecule has 3 N–H and O–H groups in total. The molecule has 2 saturated carbocycles. The summed E-state index contributed by atoms with van der Waals surface area (Å²) in [5.41, 5.74) is 5.52. The molecule has 19 heavy (non-hydrogen) atoms. The van der Waals surface area contributed by atoms with E-state index in [1.165, 1.54) is 38.5 Å². The predicted octanol–water partition coefficient (Wildman–Crippen LogP) is 2.84. The molecule has 2 rings (SSSR count). The van der Waals surface area contributed by atoms with Crippen LogP contribution < -0.4 is 11.1 Å². The van der Waals surface area contributed by atoms with Gasteiger partial charge in [-0.2, -0.15) is 0 Å². The maximum absolute atomic E-state index is 12.5. The van der Waals surface area contributed by atoms with Crippen LogP contribution in [0.3, 0.4) is 0 Å². The van der Waals surface area contributed by atoms with Gasteiger partial charge < -0.3 is 11.1 Å². The zero-order valence-electron chi connectivity index (χ0n) is 12.6. The lowest BCUT2D eigenvalue weighted by molar-refractivity contribution is -0.132. The summed E-state index contributed by atoms with van der Waals surface area (Å²) in [6, 6.07) is 0.399. The Balaban J connectivity index is 1.91. The Bertz CT molecular complexity index is 304. The number of carbonyl (C=O) groups is 1. The first-order valence-electron chi connectivity index (χ1n) is 8.16. The maximum atomic E-state index is 12.5. The fraction of sp³-hybridized carbons (Fsp3) is 0.938. The molecule has 110 valence electrons. The Morgan fingerprint density at radius 3 is 2.47 bits per heavy atom. The number of hydrogen-bond donors (Lipinski definition) is 2. The third-order valence-electron chi connectivity index (χ3n) is 5.85. The molecule has 2 aliphatic rings. The van der Waals surface area contributed by atoms with Crippen LogP contribution in [0.5, 0.6) is 0 Å². The molecular weight excluding hydrogens is 236 g/mol. The van der Waals surface area contributed by atoms with Crippen molar-refractivity contribution in [3.8, 4) is 0 Å². The van der Waals surface area contributed by atoms with Gasteiger partial charge in [0.05, 0.1) is 5.41 Å². The van der Waals surface area contributed by atoms with E-state index in [1.807, 2.05) is 0 Å². The second-order valence-electron chi connectivity index (χ2n) is 6.63. The molecule has 2 aliphatic carbocycles. The second-order valence-corrected chi connectivity index (χ2v) is 6.63. The van der Waals surface area contributed by atoms with Crippen molar-refractivity contribution in [3.63, 3.8) is 0 Å². The van der Waals surface area contributed by atoms with Crippen molar-refractivity contribution in [1.82, 2.24) is 5.32 Å². The van der Waals surface area contributed by atoms with E-state index in [-0.39, 0.29) is 11.3 Å². The first kappa shape index (κ1) is 14.8. The predicted molar refractivity (Wildman–Crippen MR) is 78.7 cm³/mol. The number of nitrogens with one attached hydrogen (secondary N) is 1. The van der Waals surface area contributed by atoms with Crippen LogP contribution in [-0.2, 0) is 4.79 Å². The minimum atomic E-state index is -0.341. The van der Waals surface area contributed by atoms with Crippen molar-refractivity contribution in [1.29, 1.82) is 0 Å². The van der Waals surface area contributed by atoms with Gasteiger partial charge in [0, 0.05) is 12.6 Å². The van der Waals surface area contributed by atoms with Crippen LogP contribution in [0.15, 0.2) is 0 Å². The van der Waals surface area contributed by atoms with Gasteiger partial charge in [0.1, 0.15) is 0 Å². The first-order chi connectivity index (χ1) is 9.15. The zero-order valence-corrected chi connectivity index (χ0v) is 12.6. The van der Waals surface area contributed by atoms with Crippen LogP contribution in [0.4, 0.5) is 0 Å². The Hall–Kier alpha value is -0.570. The summed E-state index contributed by atoms with van der Waals surface area (Å²) in [6.45, 7) is 4.61. The molecule has 0 radical (unpaired) electrons. The molecule has 3 nitrogen and oxygen atoms in total. The van der Waals surface area contributed by atoms with E-state index in [4.69, 9.17) is 5.73 Å². The highest BCUT2D eigenvalue weighted by Gasteiger charge is 2.38. The SMILES string of the molecule is CCC(CC)(CN)C(=O)NC1CCC2CCCC2C1. The van der Waals surface area contributed by atoms with Gasteiger partial charge in [0.2, 0.25) is 5.91 Å². The molecule has 3 heteroatoms. The van der Waals surface area contributed by atoms with Gasteiger partial charge in [-0.3, -0.25) is 4.79 Å². The summed E-state index contributed by atoms with van der Waals surface area (Å²) < 4.78 is 0. The van der Waals surface area contributed by atoms with E-state index in [2.05, 4.69) is 19.2 Å². The molecule has 3 unspecified atom stereocenters. The number of nitrogens with two attached hydrogens (primary N) is 1. The second kappa shape index (κ2) is 6.25. The lowest BCUT2D eigenvalue weighted by atomic mass is 9.77. The molecule has 2 fully saturated rings. The van der Waals surface area contributed by atoms with Gasteiger partial charge in [-0.25, -0.2) is 0 Å². The van der Waals surface area contributed by atoms with Crippen molar-refractivity contribution >= 4 is 5.91 Å². The van der Waals surface area contributed by atoms with Crippen molar-refractivity contribution in [2.45, 2.75) is 71.3 Å². The molecule has 0 bridgehead atoms. The summed E-state index contributed by atoms with van der Waals surface area (Å²) in [5.74, 6) is 2.01. The molecule has 0 spiro atoms. The summed E-state index contributed by atoms with van der Waals surface area (Å²) >= 11 is 0. The molecule has 0 aliphatic heterocycles. The average molecular weight is 266 g/mol. The van der Waals surface area contributed by atoms with Crippen LogP contribution >= 0.6 is 0 Å². The molecule has 0 aromatic carbocycles. The van der Waals surface area contributed by atoms with Crippen molar-refractivity contribution in [2.24, 2.45) is 23.0 Å². The van der Waals surface area contributed by atoms with Gasteiger partial charge in [-0.05, 0) is 43.9 Å². The van der Waals surface area contributed by atoms with E-state index in [9.17, 15) is 4.79 Å². The van der Waals surface area contributed by atoms with E-state index < -0.39 is 0 Å². The summed E-state index contributed by atoms with van der Waals surface area (Å²) in [5, 5.41) is 3.31. The molecular formula is C16H30N2O. The van der Waals surface area contributed by atoms with Crippen molar-refractivity contribution < 1.29 is 4.79 Å². The normalized spacial score (nSPS) is 31.0.